The molecule has 0 spiro atoms. The highest BCUT2D eigenvalue weighted by Crippen LogP contribution is 2.34. The first-order valence-electron chi connectivity index (χ1n) is 10.9. The molecule has 6 heterocycles. The van der Waals surface area contributed by atoms with Crippen LogP contribution in [0.25, 0.3) is 22.7 Å². The summed E-state index contributed by atoms with van der Waals surface area (Å²) >= 11 is 0. The lowest BCUT2D eigenvalue weighted by Crippen LogP contribution is -2.57. The molecular weight excluding hydrogens is 390 g/mol. The maximum absolute atomic E-state index is 13.0. The maximum Gasteiger partial charge on any atom is 0.258 e. The van der Waals surface area contributed by atoms with Crippen LogP contribution in [0.5, 0.6) is 0 Å². The minimum atomic E-state index is -0.101. The summed E-state index contributed by atoms with van der Waals surface area (Å²) in [6.45, 7) is 8.54. The van der Waals surface area contributed by atoms with Gasteiger partial charge in [-0.1, -0.05) is 0 Å². The molecule has 0 N–H and O–H groups in total. The minimum Gasteiger partial charge on any atom is -0.367 e. The number of rotatable bonds is 2. The van der Waals surface area contributed by atoms with Crippen molar-refractivity contribution in [1.82, 2.24) is 28.9 Å². The topological polar surface area (TPSA) is 71.0 Å². The molecule has 8 nitrogen and oxygen atoms in total. The number of hydrogen-bond acceptors (Lipinski definition) is 6. The van der Waals surface area contributed by atoms with Crippen molar-refractivity contribution < 1.29 is 0 Å². The fourth-order valence-electron chi connectivity index (χ4n) is 5.14. The van der Waals surface area contributed by atoms with Gasteiger partial charge in [0, 0.05) is 37.4 Å². The Morgan fingerprint density at radius 2 is 1.84 bits per heavy atom. The Bertz CT molecular complexity index is 1370. The van der Waals surface area contributed by atoms with Gasteiger partial charge in [-0.2, -0.15) is 5.10 Å². The van der Waals surface area contributed by atoms with Crippen LogP contribution < -0.4 is 10.5 Å². The highest BCUT2D eigenvalue weighted by Gasteiger charge is 2.41. The van der Waals surface area contributed by atoms with E-state index < -0.39 is 0 Å². The molecular formula is C23H25N7O. The van der Waals surface area contributed by atoms with Gasteiger partial charge in [0.25, 0.3) is 5.56 Å². The second-order valence-corrected chi connectivity index (χ2v) is 9.01. The van der Waals surface area contributed by atoms with Gasteiger partial charge in [-0.05, 0) is 57.5 Å². The van der Waals surface area contributed by atoms with Gasteiger partial charge in [0.2, 0.25) is 0 Å². The third kappa shape index (κ3) is 3.01. The van der Waals surface area contributed by atoms with E-state index >= 15 is 0 Å². The van der Waals surface area contributed by atoms with Gasteiger partial charge in [-0.25, -0.2) is 14.5 Å². The molecule has 2 aliphatic heterocycles. The Labute approximate surface area is 179 Å². The Hall–Kier alpha value is -3.26. The van der Waals surface area contributed by atoms with Gasteiger partial charge in [-0.15, -0.1) is 0 Å². The van der Waals surface area contributed by atoms with E-state index in [1.165, 1.54) is 19.4 Å². The van der Waals surface area contributed by atoms with Gasteiger partial charge in [0.05, 0.1) is 23.3 Å². The van der Waals surface area contributed by atoms with E-state index in [0.29, 0.717) is 17.0 Å². The number of hydrogen-bond donors (Lipinski definition) is 0. The Balaban J connectivity index is 1.36. The summed E-state index contributed by atoms with van der Waals surface area (Å²) in [4.78, 5) is 27.1. The number of pyridine rings is 1. The van der Waals surface area contributed by atoms with Gasteiger partial charge in [-0.3, -0.25) is 14.1 Å². The molecule has 0 radical (unpaired) electrons. The molecule has 6 rings (SSSR count). The summed E-state index contributed by atoms with van der Waals surface area (Å²) in [5.74, 6) is 0. The first-order chi connectivity index (χ1) is 15.0. The normalized spacial score (nSPS) is 21.8. The zero-order chi connectivity index (χ0) is 21.2. The molecule has 158 valence electrons. The number of anilines is 1. The fraction of sp³-hybridized carbons (Fsp3) is 0.391. The summed E-state index contributed by atoms with van der Waals surface area (Å²) in [7, 11) is 0. The number of aryl methyl sites for hydroxylation is 1. The molecule has 0 unspecified atom stereocenters. The molecule has 0 bridgehead atoms. The lowest BCUT2D eigenvalue weighted by atomic mass is 9.95. The molecule has 4 aromatic rings. The van der Waals surface area contributed by atoms with Crippen LogP contribution >= 0.6 is 0 Å². The standard InChI is InChI=1S/C23H25N7O/c1-16-13-30-21(24-16)7-5-18(26-30)19-12-22(31)29-14-17(4-6-20(29)25-19)27-10-11-28-9-3-8-23(28,2)15-27/h4-7,12-14H,3,8-11,15H2,1-2H3/t23-/m1/s1. The minimum absolute atomic E-state index is 0.101. The van der Waals surface area contributed by atoms with Crippen LogP contribution in [0.15, 0.2) is 47.5 Å². The van der Waals surface area contributed by atoms with Crippen molar-refractivity contribution in [3.8, 4) is 11.4 Å². The Kier molecular flexibility index (Phi) is 3.95. The quantitative estimate of drug-likeness (QED) is 0.501. The number of aromatic nitrogens is 5. The predicted octanol–water partition coefficient (Wildman–Crippen LogP) is 2.39. The van der Waals surface area contributed by atoms with Gasteiger partial charge >= 0.3 is 0 Å². The van der Waals surface area contributed by atoms with Crippen LogP contribution in [0.4, 0.5) is 5.69 Å². The predicted molar refractivity (Wildman–Crippen MR) is 120 cm³/mol. The molecule has 2 fully saturated rings. The molecule has 2 aliphatic rings. The maximum atomic E-state index is 13.0. The van der Waals surface area contributed by atoms with Gasteiger partial charge in [0.1, 0.15) is 11.3 Å². The van der Waals surface area contributed by atoms with E-state index in [0.717, 1.165) is 36.7 Å². The average molecular weight is 416 g/mol. The first kappa shape index (κ1) is 18.5. The van der Waals surface area contributed by atoms with E-state index in [2.05, 4.69) is 32.9 Å². The summed E-state index contributed by atoms with van der Waals surface area (Å²) in [6, 6.07) is 9.32. The van der Waals surface area contributed by atoms with Crippen LogP contribution in [0, 0.1) is 6.92 Å². The van der Waals surface area contributed by atoms with Crippen molar-refractivity contribution in [3.05, 3.63) is 58.8 Å². The Morgan fingerprint density at radius 3 is 2.74 bits per heavy atom. The van der Waals surface area contributed by atoms with Crippen molar-refractivity contribution in [3.63, 3.8) is 0 Å². The molecule has 0 saturated carbocycles. The lowest BCUT2D eigenvalue weighted by Gasteiger charge is -2.46. The number of piperazine rings is 1. The SMILES string of the molecule is Cc1cn2nc(-c3cc(=O)n4cc(N5CCN6CCC[C@]6(C)C5)ccc4n3)ccc2n1. The van der Waals surface area contributed by atoms with Crippen LogP contribution in [0.2, 0.25) is 0 Å². The van der Waals surface area contributed by atoms with E-state index in [1.807, 2.05) is 37.5 Å². The molecule has 4 aromatic heterocycles. The number of imidazole rings is 1. The zero-order valence-electron chi connectivity index (χ0n) is 17.8. The van der Waals surface area contributed by atoms with Gasteiger partial charge in [0.15, 0.2) is 5.65 Å². The lowest BCUT2D eigenvalue weighted by molar-refractivity contribution is 0.138. The number of fused-ring (bicyclic) bond motifs is 3. The Morgan fingerprint density at radius 1 is 0.968 bits per heavy atom. The van der Waals surface area contributed by atoms with Crippen molar-refractivity contribution in [2.45, 2.75) is 32.2 Å². The largest absolute Gasteiger partial charge is 0.367 e. The summed E-state index contributed by atoms with van der Waals surface area (Å²) in [6.07, 6.45) is 6.30. The van der Waals surface area contributed by atoms with Crippen molar-refractivity contribution >= 4 is 17.0 Å². The van der Waals surface area contributed by atoms with Crippen LogP contribution in [-0.2, 0) is 0 Å². The molecule has 0 aromatic carbocycles. The third-order valence-electron chi connectivity index (χ3n) is 6.79. The summed E-state index contributed by atoms with van der Waals surface area (Å²) < 4.78 is 3.36. The molecule has 8 heteroatoms. The summed E-state index contributed by atoms with van der Waals surface area (Å²) in [5.41, 5.74) is 4.73. The number of nitrogens with zero attached hydrogens (tertiary/aromatic N) is 7. The third-order valence-corrected chi connectivity index (χ3v) is 6.79. The smallest absolute Gasteiger partial charge is 0.258 e. The van der Waals surface area contributed by atoms with E-state index in [1.54, 1.807) is 15.0 Å². The average Bonchev–Trinajstić information content (AvgIpc) is 3.33. The molecule has 0 amide bonds. The van der Waals surface area contributed by atoms with Crippen molar-refractivity contribution in [2.75, 3.05) is 31.1 Å². The fourth-order valence-corrected chi connectivity index (χ4v) is 5.14. The first-order valence-corrected chi connectivity index (χ1v) is 10.9. The monoisotopic (exact) mass is 415 g/mol. The second-order valence-electron chi connectivity index (χ2n) is 9.01. The van der Waals surface area contributed by atoms with Gasteiger partial charge < -0.3 is 4.90 Å². The van der Waals surface area contributed by atoms with Crippen molar-refractivity contribution in [2.24, 2.45) is 0 Å². The zero-order valence-corrected chi connectivity index (χ0v) is 17.8. The van der Waals surface area contributed by atoms with Crippen LogP contribution in [-0.4, -0.2) is 60.6 Å². The van der Waals surface area contributed by atoms with Crippen LogP contribution in [0.1, 0.15) is 25.5 Å². The van der Waals surface area contributed by atoms with E-state index in [4.69, 9.17) is 4.98 Å². The highest BCUT2D eigenvalue weighted by molar-refractivity contribution is 5.60. The van der Waals surface area contributed by atoms with E-state index in [-0.39, 0.29) is 11.1 Å². The van der Waals surface area contributed by atoms with Crippen molar-refractivity contribution in [1.29, 1.82) is 0 Å². The molecule has 31 heavy (non-hydrogen) atoms. The summed E-state index contributed by atoms with van der Waals surface area (Å²) in [5, 5.41) is 4.57. The molecule has 2 saturated heterocycles. The van der Waals surface area contributed by atoms with Crippen LogP contribution in [0.3, 0.4) is 0 Å². The molecule has 1 atom stereocenters. The van der Waals surface area contributed by atoms with E-state index in [9.17, 15) is 4.79 Å². The second kappa shape index (κ2) is 6.62. The highest BCUT2D eigenvalue weighted by atomic mass is 16.1. The molecule has 0 aliphatic carbocycles.